The van der Waals surface area contributed by atoms with Crippen LogP contribution in [0.5, 0.6) is 5.75 Å². The number of nitrogens with zero attached hydrogens (tertiary/aromatic N) is 3. The second-order valence-electron chi connectivity index (χ2n) is 6.76. The molecule has 1 aromatic heterocycles. The molecule has 0 aliphatic carbocycles. The highest BCUT2D eigenvalue weighted by molar-refractivity contribution is 7.93. The van der Waals surface area contributed by atoms with Crippen molar-refractivity contribution in [2.45, 2.75) is 24.2 Å². The summed E-state index contributed by atoms with van der Waals surface area (Å²) < 4.78 is 42.2. The van der Waals surface area contributed by atoms with Gasteiger partial charge in [-0.1, -0.05) is 6.07 Å². The predicted molar refractivity (Wildman–Crippen MR) is 111 cm³/mol. The summed E-state index contributed by atoms with van der Waals surface area (Å²) in [5.41, 5.74) is 1.28. The van der Waals surface area contributed by atoms with Crippen LogP contribution < -0.4 is 9.46 Å². The third kappa shape index (κ3) is 3.90. The van der Waals surface area contributed by atoms with Crippen LogP contribution in [0.3, 0.4) is 0 Å². The number of nitrogens with one attached hydrogen (secondary N) is 1. The van der Waals surface area contributed by atoms with Gasteiger partial charge in [0.1, 0.15) is 21.7 Å². The van der Waals surface area contributed by atoms with Gasteiger partial charge < -0.3 is 9.64 Å². The van der Waals surface area contributed by atoms with E-state index >= 15 is 0 Å². The number of rotatable bonds is 5. The maximum Gasteiger partial charge on any atom is 0.264 e. The third-order valence-electron chi connectivity index (χ3n) is 4.88. The number of anilines is 1. The summed E-state index contributed by atoms with van der Waals surface area (Å²) in [4.78, 5) is 14.8. The Kier molecular flexibility index (Phi) is 5.37. The molecule has 0 unspecified atom stereocenters. The van der Waals surface area contributed by atoms with Crippen molar-refractivity contribution in [2.24, 2.45) is 0 Å². The van der Waals surface area contributed by atoms with Crippen molar-refractivity contribution in [3.05, 3.63) is 42.0 Å². The van der Waals surface area contributed by atoms with E-state index in [1.165, 1.54) is 19.2 Å². The van der Waals surface area contributed by atoms with Gasteiger partial charge in [-0.3, -0.25) is 9.52 Å². The molecule has 1 fully saturated rings. The summed E-state index contributed by atoms with van der Waals surface area (Å²) in [6.07, 6.45) is 2.99. The Morgan fingerprint density at radius 3 is 2.69 bits per heavy atom. The fourth-order valence-corrected chi connectivity index (χ4v) is 5.22. The number of sulfonamides is 1. The molecule has 152 valence electrons. The van der Waals surface area contributed by atoms with Crippen LogP contribution in [-0.2, 0) is 10.0 Å². The average molecular weight is 433 g/mol. The van der Waals surface area contributed by atoms with Crippen LogP contribution >= 0.6 is 11.7 Å². The number of methoxy groups -OCH3 is 1. The first-order chi connectivity index (χ1) is 14.0. The lowest BCUT2D eigenvalue weighted by atomic mass is 10.1. The molecule has 3 aromatic rings. The third-order valence-corrected chi connectivity index (χ3v) is 6.82. The second-order valence-corrected chi connectivity index (χ2v) is 8.94. The maximum absolute atomic E-state index is 13.1. The molecule has 1 saturated heterocycles. The van der Waals surface area contributed by atoms with Crippen LogP contribution in [0, 0.1) is 0 Å². The lowest BCUT2D eigenvalue weighted by Crippen LogP contribution is -2.36. The second kappa shape index (κ2) is 7.96. The normalized spacial score (nSPS) is 14.7. The number of amides is 1. The molecule has 1 aliphatic rings. The zero-order valence-corrected chi connectivity index (χ0v) is 17.4. The average Bonchev–Trinajstić information content (AvgIpc) is 3.22. The standard InChI is InChI=1S/C19H20N4O4S2/c1-27-13-8-9-14(19(24)23-10-3-2-4-11-23)16(12-13)22-29(25,26)17-7-5-6-15-18(17)21-28-20-15/h5-9,12,22H,2-4,10-11H2,1H3. The number of aromatic nitrogens is 2. The molecule has 0 saturated carbocycles. The number of carbonyl (C=O) groups is 1. The summed E-state index contributed by atoms with van der Waals surface area (Å²) in [7, 11) is -2.51. The number of ether oxygens (including phenoxy) is 1. The topological polar surface area (TPSA) is 101 Å². The van der Waals surface area contributed by atoms with Crippen LogP contribution in [0.4, 0.5) is 5.69 Å². The van der Waals surface area contributed by atoms with Crippen LogP contribution in [-0.4, -0.2) is 48.2 Å². The maximum atomic E-state index is 13.1. The van der Waals surface area contributed by atoms with E-state index in [4.69, 9.17) is 4.74 Å². The zero-order valence-electron chi connectivity index (χ0n) is 15.8. The van der Waals surface area contributed by atoms with Gasteiger partial charge in [0, 0.05) is 19.2 Å². The van der Waals surface area contributed by atoms with Crippen molar-refractivity contribution < 1.29 is 17.9 Å². The summed E-state index contributed by atoms with van der Waals surface area (Å²) in [6, 6.07) is 9.56. The highest BCUT2D eigenvalue weighted by Crippen LogP contribution is 2.29. The van der Waals surface area contributed by atoms with Crippen LogP contribution in [0.25, 0.3) is 11.0 Å². The van der Waals surface area contributed by atoms with Gasteiger partial charge in [0.05, 0.1) is 30.1 Å². The van der Waals surface area contributed by atoms with Gasteiger partial charge >= 0.3 is 0 Å². The monoisotopic (exact) mass is 432 g/mol. The molecule has 1 aliphatic heterocycles. The summed E-state index contributed by atoms with van der Waals surface area (Å²) >= 11 is 0.949. The molecule has 4 rings (SSSR count). The van der Waals surface area contributed by atoms with Gasteiger partial charge in [0.15, 0.2) is 0 Å². The number of fused-ring (bicyclic) bond motifs is 1. The number of hydrogen-bond acceptors (Lipinski definition) is 7. The highest BCUT2D eigenvalue weighted by atomic mass is 32.2. The van der Waals surface area contributed by atoms with Gasteiger partial charge in [-0.25, -0.2) is 8.42 Å². The van der Waals surface area contributed by atoms with E-state index in [-0.39, 0.29) is 16.5 Å². The summed E-state index contributed by atoms with van der Waals surface area (Å²) in [5, 5.41) is 0. The number of carbonyl (C=O) groups excluding carboxylic acids is 1. The van der Waals surface area contributed by atoms with E-state index in [9.17, 15) is 13.2 Å². The molecule has 10 heteroatoms. The van der Waals surface area contributed by atoms with Crippen LogP contribution in [0.15, 0.2) is 41.3 Å². The molecule has 0 atom stereocenters. The van der Waals surface area contributed by atoms with Crippen molar-refractivity contribution in [3.8, 4) is 5.75 Å². The molecule has 8 nitrogen and oxygen atoms in total. The Balaban J connectivity index is 1.73. The van der Waals surface area contributed by atoms with Crippen molar-refractivity contribution in [1.29, 1.82) is 0 Å². The van der Waals surface area contributed by atoms with Crippen molar-refractivity contribution in [3.63, 3.8) is 0 Å². The smallest absolute Gasteiger partial charge is 0.264 e. The van der Waals surface area contributed by atoms with Gasteiger partial charge in [-0.2, -0.15) is 8.75 Å². The molecule has 1 amide bonds. The fourth-order valence-electron chi connectivity index (χ4n) is 3.39. The Labute approximate surface area is 172 Å². The molecule has 0 radical (unpaired) electrons. The first-order valence-corrected chi connectivity index (χ1v) is 11.4. The largest absolute Gasteiger partial charge is 0.497 e. The number of likely N-dealkylation sites (tertiary alicyclic amines) is 1. The predicted octanol–water partition coefficient (Wildman–Crippen LogP) is 3.13. The molecule has 0 bridgehead atoms. The SMILES string of the molecule is COc1ccc(C(=O)N2CCCCC2)c(NS(=O)(=O)c2cccc3nsnc23)c1. The van der Waals surface area contributed by atoms with E-state index in [1.54, 1.807) is 29.2 Å². The lowest BCUT2D eigenvalue weighted by molar-refractivity contribution is 0.0725. The number of piperidine rings is 1. The van der Waals surface area contributed by atoms with Crippen molar-refractivity contribution in [2.75, 3.05) is 24.9 Å². The Hall–Kier alpha value is -2.72. The van der Waals surface area contributed by atoms with Gasteiger partial charge in [-0.15, -0.1) is 0 Å². The van der Waals surface area contributed by atoms with Crippen molar-refractivity contribution in [1.82, 2.24) is 13.6 Å². The Bertz CT molecular complexity index is 1150. The minimum absolute atomic E-state index is 0.0166. The summed E-state index contributed by atoms with van der Waals surface area (Å²) in [5.74, 6) is 0.255. The minimum Gasteiger partial charge on any atom is -0.497 e. The molecular formula is C19H20N4O4S2. The van der Waals surface area contributed by atoms with Crippen LogP contribution in [0.1, 0.15) is 29.6 Å². The molecular weight excluding hydrogens is 412 g/mol. The molecule has 29 heavy (non-hydrogen) atoms. The van der Waals surface area contributed by atoms with E-state index in [0.717, 1.165) is 31.0 Å². The van der Waals surface area contributed by atoms with Crippen LogP contribution in [0.2, 0.25) is 0 Å². The first-order valence-electron chi connectivity index (χ1n) is 9.21. The summed E-state index contributed by atoms with van der Waals surface area (Å²) in [6.45, 7) is 1.34. The van der Waals surface area contributed by atoms with E-state index in [0.29, 0.717) is 35.4 Å². The number of hydrogen-bond donors (Lipinski definition) is 1. The van der Waals surface area contributed by atoms with E-state index < -0.39 is 10.0 Å². The molecule has 1 N–H and O–H groups in total. The number of benzene rings is 2. The Morgan fingerprint density at radius 1 is 1.14 bits per heavy atom. The molecule has 2 heterocycles. The minimum atomic E-state index is -3.99. The highest BCUT2D eigenvalue weighted by Gasteiger charge is 2.25. The van der Waals surface area contributed by atoms with Gasteiger partial charge in [0.2, 0.25) is 0 Å². The quantitative estimate of drug-likeness (QED) is 0.665. The Morgan fingerprint density at radius 2 is 1.93 bits per heavy atom. The van der Waals surface area contributed by atoms with E-state index in [2.05, 4.69) is 13.5 Å². The molecule has 2 aromatic carbocycles. The zero-order chi connectivity index (χ0) is 20.4. The lowest BCUT2D eigenvalue weighted by Gasteiger charge is -2.27. The van der Waals surface area contributed by atoms with E-state index in [1.807, 2.05) is 0 Å². The fraction of sp³-hybridized carbons (Fsp3) is 0.316. The van der Waals surface area contributed by atoms with Gasteiger partial charge in [-0.05, 0) is 43.5 Å². The first kappa shape index (κ1) is 19.6. The van der Waals surface area contributed by atoms with Crippen molar-refractivity contribution >= 4 is 44.4 Å². The molecule has 0 spiro atoms. The van der Waals surface area contributed by atoms with Gasteiger partial charge in [0.25, 0.3) is 15.9 Å².